The lowest BCUT2D eigenvalue weighted by Gasteiger charge is -2.31. The van der Waals surface area contributed by atoms with Crippen LogP contribution < -0.4 is 4.74 Å². The van der Waals surface area contributed by atoms with Crippen LogP contribution in [0.4, 0.5) is 4.39 Å². The molecule has 0 bridgehead atoms. The molecule has 0 atom stereocenters. The van der Waals surface area contributed by atoms with Crippen LogP contribution in [0, 0.1) is 5.82 Å². The minimum absolute atomic E-state index is 0.172. The topological polar surface area (TPSA) is 56.3 Å². The number of benzene rings is 1. The smallest absolute Gasteiger partial charge is 0.198 e. The molecule has 0 amide bonds. The highest BCUT2D eigenvalue weighted by atomic mass is 32.2. The van der Waals surface area contributed by atoms with Gasteiger partial charge >= 0.3 is 0 Å². The molecular formula is C19H21FN4O2S. The quantitative estimate of drug-likeness (QED) is 0.641. The molecular weight excluding hydrogens is 367 g/mol. The van der Waals surface area contributed by atoms with Crippen molar-refractivity contribution in [1.29, 1.82) is 0 Å². The number of likely N-dealkylation sites (tertiary alicyclic amines) is 1. The van der Waals surface area contributed by atoms with E-state index in [0.717, 1.165) is 54.2 Å². The molecule has 0 saturated carbocycles. The fourth-order valence-electron chi connectivity index (χ4n) is 3.06. The van der Waals surface area contributed by atoms with Gasteiger partial charge < -0.3 is 13.7 Å². The van der Waals surface area contributed by atoms with E-state index in [1.165, 1.54) is 23.9 Å². The lowest BCUT2D eigenvalue weighted by molar-refractivity contribution is 0.0920. The Balaban J connectivity index is 1.25. The Morgan fingerprint density at radius 2 is 1.96 bits per heavy atom. The van der Waals surface area contributed by atoms with Gasteiger partial charge in [0, 0.05) is 20.1 Å². The van der Waals surface area contributed by atoms with Crippen molar-refractivity contribution in [2.24, 2.45) is 7.05 Å². The predicted octanol–water partition coefficient (Wildman–Crippen LogP) is 3.74. The van der Waals surface area contributed by atoms with Crippen LogP contribution in [-0.4, -0.2) is 38.9 Å². The van der Waals surface area contributed by atoms with Crippen LogP contribution >= 0.6 is 11.8 Å². The van der Waals surface area contributed by atoms with Crippen molar-refractivity contribution < 1.29 is 13.5 Å². The second kappa shape index (κ2) is 8.14. The molecule has 8 heteroatoms. The number of rotatable bonds is 6. The molecule has 1 saturated heterocycles. The summed E-state index contributed by atoms with van der Waals surface area (Å²) in [5.74, 6) is 1.43. The number of aryl methyl sites for hydroxylation is 1. The van der Waals surface area contributed by atoms with Gasteiger partial charge in [-0.05, 0) is 61.0 Å². The molecule has 1 aromatic carbocycles. The molecule has 2 aromatic heterocycles. The van der Waals surface area contributed by atoms with Crippen molar-refractivity contribution in [2.75, 3.05) is 13.1 Å². The Hall–Kier alpha value is -2.32. The summed E-state index contributed by atoms with van der Waals surface area (Å²) in [5, 5.41) is 9.54. The molecule has 1 fully saturated rings. The first-order valence-corrected chi connectivity index (χ1v) is 9.72. The SMILES string of the molecule is Cn1cnnc1Sc1ccc(CN2CCC(Oc3ccc(F)cc3)CC2)o1. The number of nitrogens with zero attached hydrogens (tertiary/aromatic N) is 4. The van der Waals surface area contributed by atoms with E-state index in [2.05, 4.69) is 15.1 Å². The summed E-state index contributed by atoms with van der Waals surface area (Å²) >= 11 is 1.46. The van der Waals surface area contributed by atoms with E-state index in [1.54, 1.807) is 18.5 Å². The van der Waals surface area contributed by atoms with Gasteiger partial charge in [0.1, 0.15) is 29.8 Å². The molecule has 0 aliphatic carbocycles. The van der Waals surface area contributed by atoms with E-state index >= 15 is 0 Å². The second-order valence-electron chi connectivity index (χ2n) is 6.59. The number of aromatic nitrogens is 3. The highest BCUT2D eigenvalue weighted by Crippen LogP contribution is 2.28. The Morgan fingerprint density at radius 3 is 2.67 bits per heavy atom. The number of hydrogen-bond acceptors (Lipinski definition) is 6. The Bertz CT molecular complexity index is 872. The molecule has 4 rings (SSSR count). The third kappa shape index (κ3) is 4.70. The molecule has 142 valence electrons. The van der Waals surface area contributed by atoms with Gasteiger partial charge in [-0.3, -0.25) is 4.90 Å². The molecule has 1 aliphatic heterocycles. The highest BCUT2D eigenvalue weighted by Gasteiger charge is 2.21. The average Bonchev–Trinajstić information content (AvgIpc) is 3.28. The van der Waals surface area contributed by atoms with Gasteiger partial charge in [0.25, 0.3) is 0 Å². The minimum atomic E-state index is -0.243. The normalized spacial score (nSPS) is 15.9. The Morgan fingerprint density at radius 1 is 1.19 bits per heavy atom. The number of furan rings is 1. The van der Waals surface area contributed by atoms with Crippen molar-refractivity contribution in [3.8, 4) is 5.75 Å². The molecule has 0 N–H and O–H groups in total. The largest absolute Gasteiger partial charge is 0.490 e. The van der Waals surface area contributed by atoms with Crippen LogP contribution in [0.3, 0.4) is 0 Å². The summed E-state index contributed by atoms with van der Waals surface area (Å²) in [6, 6.07) is 10.2. The first-order chi connectivity index (χ1) is 13.2. The second-order valence-corrected chi connectivity index (χ2v) is 7.57. The van der Waals surface area contributed by atoms with Gasteiger partial charge in [-0.2, -0.15) is 0 Å². The van der Waals surface area contributed by atoms with Crippen molar-refractivity contribution in [3.63, 3.8) is 0 Å². The maximum Gasteiger partial charge on any atom is 0.198 e. The molecule has 3 heterocycles. The lowest BCUT2D eigenvalue weighted by atomic mass is 10.1. The summed E-state index contributed by atoms with van der Waals surface area (Å²) in [6.07, 6.45) is 3.73. The van der Waals surface area contributed by atoms with Crippen LogP contribution in [0.2, 0.25) is 0 Å². The van der Waals surface area contributed by atoms with Gasteiger partial charge in [0.15, 0.2) is 10.2 Å². The zero-order valence-corrected chi connectivity index (χ0v) is 15.9. The summed E-state index contributed by atoms with van der Waals surface area (Å²) in [4.78, 5) is 2.36. The Labute approximate surface area is 161 Å². The van der Waals surface area contributed by atoms with Gasteiger partial charge in [-0.25, -0.2) is 4.39 Å². The molecule has 0 radical (unpaired) electrons. The van der Waals surface area contributed by atoms with Gasteiger partial charge in [0.2, 0.25) is 0 Å². The van der Waals surface area contributed by atoms with E-state index in [4.69, 9.17) is 9.15 Å². The van der Waals surface area contributed by atoms with Gasteiger partial charge in [-0.15, -0.1) is 10.2 Å². The summed E-state index contributed by atoms with van der Waals surface area (Å²) in [6.45, 7) is 2.67. The van der Waals surface area contributed by atoms with Crippen LogP contribution in [-0.2, 0) is 13.6 Å². The van der Waals surface area contributed by atoms with Crippen molar-refractivity contribution >= 4 is 11.8 Å². The van der Waals surface area contributed by atoms with Crippen molar-refractivity contribution in [2.45, 2.75) is 35.7 Å². The standard InChI is InChI=1S/C19H21FN4O2S/c1-23-13-21-22-19(23)27-18-7-6-17(26-18)12-24-10-8-16(9-11-24)25-15-4-2-14(20)3-5-15/h2-7,13,16H,8-12H2,1H3. The molecule has 6 nitrogen and oxygen atoms in total. The monoisotopic (exact) mass is 388 g/mol. The summed E-state index contributed by atoms with van der Waals surface area (Å²) < 4.78 is 26.7. The number of piperidine rings is 1. The van der Waals surface area contributed by atoms with Crippen LogP contribution in [0.25, 0.3) is 0 Å². The van der Waals surface area contributed by atoms with Crippen LogP contribution in [0.1, 0.15) is 18.6 Å². The van der Waals surface area contributed by atoms with Crippen LogP contribution in [0.15, 0.2) is 57.4 Å². The first-order valence-electron chi connectivity index (χ1n) is 8.91. The number of halogens is 1. The predicted molar refractivity (Wildman–Crippen MR) is 99.2 cm³/mol. The number of hydrogen-bond donors (Lipinski definition) is 0. The third-order valence-electron chi connectivity index (χ3n) is 4.53. The van der Waals surface area contributed by atoms with E-state index in [9.17, 15) is 4.39 Å². The summed E-state index contributed by atoms with van der Waals surface area (Å²) in [5.41, 5.74) is 0. The van der Waals surface area contributed by atoms with Crippen molar-refractivity contribution in [3.05, 3.63) is 54.3 Å². The lowest BCUT2D eigenvalue weighted by Crippen LogP contribution is -2.37. The zero-order valence-electron chi connectivity index (χ0n) is 15.0. The molecule has 3 aromatic rings. The summed E-state index contributed by atoms with van der Waals surface area (Å²) in [7, 11) is 1.91. The average molecular weight is 388 g/mol. The van der Waals surface area contributed by atoms with Gasteiger partial charge in [0.05, 0.1) is 6.54 Å². The fourth-order valence-corrected chi connectivity index (χ4v) is 3.81. The molecule has 0 spiro atoms. The minimum Gasteiger partial charge on any atom is -0.490 e. The Kier molecular flexibility index (Phi) is 5.45. The molecule has 0 unspecified atom stereocenters. The number of ether oxygens (including phenoxy) is 1. The zero-order chi connectivity index (χ0) is 18.6. The van der Waals surface area contributed by atoms with E-state index in [-0.39, 0.29) is 11.9 Å². The maximum atomic E-state index is 13.0. The van der Waals surface area contributed by atoms with Gasteiger partial charge in [-0.1, -0.05) is 0 Å². The van der Waals surface area contributed by atoms with Crippen LogP contribution in [0.5, 0.6) is 5.75 Å². The molecule has 1 aliphatic rings. The fraction of sp³-hybridized carbons (Fsp3) is 0.368. The van der Waals surface area contributed by atoms with E-state index in [0.29, 0.717) is 0 Å². The molecule has 27 heavy (non-hydrogen) atoms. The van der Waals surface area contributed by atoms with E-state index in [1.807, 2.05) is 23.7 Å². The van der Waals surface area contributed by atoms with E-state index < -0.39 is 0 Å². The highest BCUT2D eigenvalue weighted by molar-refractivity contribution is 7.99. The third-order valence-corrected chi connectivity index (χ3v) is 5.50. The first kappa shape index (κ1) is 18.1. The maximum absolute atomic E-state index is 13.0. The van der Waals surface area contributed by atoms with Crippen molar-refractivity contribution in [1.82, 2.24) is 19.7 Å².